The van der Waals surface area contributed by atoms with E-state index < -0.39 is 11.5 Å². The van der Waals surface area contributed by atoms with Gasteiger partial charge in [0.15, 0.2) is 0 Å². The molecule has 5 nitrogen and oxygen atoms in total. The van der Waals surface area contributed by atoms with Gasteiger partial charge in [0.25, 0.3) is 0 Å². The van der Waals surface area contributed by atoms with E-state index in [1.807, 2.05) is 78.9 Å². The molecule has 1 aliphatic heterocycles. The van der Waals surface area contributed by atoms with E-state index in [-0.39, 0.29) is 5.78 Å². The normalized spacial score (nSPS) is 21.3. The maximum Gasteiger partial charge on any atom is 0.212 e. The number of aromatic nitrogens is 1. The smallest absolute Gasteiger partial charge is 0.212 e. The van der Waals surface area contributed by atoms with Gasteiger partial charge < -0.3 is 9.57 Å². The van der Waals surface area contributed by atoms with Gasteiger partial charge in [-0.25, -0.2) is 0 Å². The molecule has 3 aromatic carbocycles. The number of ether oxygens (including phenoxy) is 1. The Hall–Kier alpha value is -3.70. The van der Waals surface area contributed by atoms with Gasteiger partial charge in [0, 0.05) is 33.5 Å². The highest BCUT2D eigenvalue weighted by molar-refractivity contribution is 6.30. The Labute approximate surface area is 202 Å². The zero-order chi connectivity index (χ0) is 23.3. The van der Waals surface area contributed by atoms with Crippen molar-refractivity contribution in [3.8, 4) is 5.75 Å². The topological polar surface area (TPSA) is 60.8 Å². The van der Waals surface area contributed by atoms with Crippen LogP contribution in [0.25, 0.3) is 10.9 Å². The molecule has 0 unspecified atom stereocenters. The van der Waals surface area contributed by atoms with E-state index in [0.29, 0.717) is 34.9 Å². The van der Waals surface area contributed by atoms with E-state index in [4.69, 9.17) is 26.2 Å². The van der Waals surface area contributed by atoms with E-state index in [9.17, 15) is 4.79 Å². The quantitative estimate of drug-likeness (QED) is 0.371. The number of hydrogen-bond acceptors (Lipinski definition) is 5. The second-order valence-electron chi connectivity index (χ2n) is 8.64. The molecular formula is C28H21ClN2O3. The van der Waals surface area contributed by atoms with Gasteiger partial charge in [-0.15, -0.1) is 0 Å². The minimum absolute atomic E-state index is 0.101. The third-order valence-corrected chi connectivity index (χ3v) is 7.05. The Balaban J connectivity index is 1.53. The first-order valence-electron chi connectivity index (χ1n) is 11.2. The van der Waals surface area contributed by atoms with Gasteiger partial charge in [0.1, 0.15) is 5.75 Å². The third kappa shape index (κ3) is 3.11. The molecule has 0 bridgehead atoms. The fourth-order valence-electron chi connectivity index (χ4n) is 5.15. The lowest BCUT2D eigenvalue weighted by molar-refractivity contribution is -0.0200. The molecule has 2 heterocycles. The summed E-state index contributed by atoms with van der Waals surface area (Å²) < 4.78 is 5.70. The molecule has 2 aliphatic rings. The Morgan fingerprint density at radius 3 is 2.62 bits per heavy atom. The van der Waals surface area contributed by atoms with Crippen molar-refractivity contribution in [1.82, 2.24) is 4.98 Å². The van der Waals surface area contributed by atoms with E-state index in [0.717, 1.165) is 27.7 Å². The van der Waals surface area contributed by atoms with Crippen LogP contribution in [0.4, 0.5) is 0 Å². The lowest BCUT2D eigenvalue weighted by Gasteiger charge is -2.36. The number of rotatable bonds is 3. The molecule has 2 atom stereocenters. The largest absolute Gasteiger partial charge is 0.496 e. The monoisotopic (exact) mass is 468 g/mol. The summed E-state index contributed by atoms with van der Waals surface area (Å²) in [6.45, 7) is 0. The number of benzene rings is 3. The average molecular weight is 469 g/mol. The number of Topliss-reactive ketones (excluding diaryl/α,β-unsaturated/α-hetero) is 1. The van der Waals surface area contributed by atoms with Gasteiger partial charge in [0.05, 0.1) is 30.0 Å². The number of pyridine rings is 1. The first-order valence-corrected chi connectivity index (χ1v) is 11.6. The number of halogens is 1. The number of nitrogens with zero attached hydrogens (tertiary/aromatic N) is 2. The van der Waals surface area contributed by atoms with Crippen molar-refractivity contribution >= 4 is 34.0 Å². The number of methoxy groups -OCH3 is 1. The number of fused-ring (bicyclic) bond motifs is 2. The lowest BCUT2D eigenvalue weighted by atomic mass is 9.68. The van der Waals surface area contributed by atoms with Crippen molar-refractivity contribution in [3.05, 3.63) is 106 Å². The van der Waals surface area contributed by atoms with Crippen molar-refractivity contribution in [1.29, 1.82) is 0 Å². The predicted octanol–water partition coefficient (Wildman–Crippen LogP) is 5.98. The summed E-state index contributed by atoms with van der Waals surface area (Å²) in [4.78, 5) is 25.1. The maximum atomic E-state index is 14.2. The van der Waals surface area contributed by atoms with Crippen molar-refractivity contribution < 1.29 is 14.4 Å². The number of carbonyl (C=O) groups excluding carboxylic acids is 1. The first-order chi connectivity index (χ1) is 16.6. The van der Waals surface area contributed by atoms with Crippen LogP contribution in [0.5, 0.6) is 5.75 Å². The predicted molar refractivity (Wildman–Crippen MR) is 132 cm³/mol. The number of ketones is 1. The van der Waals surface area contributed by atoms with Crippen LogP contribution in [0.3, 0.4) is 0 Å². The molecule has 1 aromatic heterocycles. The van der Waals surface area contributed by atoms with Crippen LogP contribution in [-0.4, -0.2) is 29.2 Å². The van der Waals surface area contributed by atoms with E-state index >= 15 is 0 Å². The number of oxime groups is 1. The van der Waals surface area contributed by atoms with Crippen molar-refractivity contribution in [2.45, 2.75) is 24.4 Å². The molecule has 1 aliphatic carbocycles. The average Bonchev–Trinajstić information content (AvgIpc) is 3.26. The van der Waals surface area contributed by atoms with Crippen LogP contribution in [0.15, 0.2) is 84.0 Å². The summed E-state index contributed by atoms with van der Waals surface area (Å²) in [5, 5.41) is 6.07. The molecule has 0 saturated heterocycles. The second kappa shape index (κ2) is 7.96. The lowest BCUT2D eigenvalue weighted by Crippen LogP contribution is -2.48. The van der Waals surface area contributed by atoms with Gasteiger partial charge in [-0.1, -0.05) is 65.3 Å². The highest BCUT2D eigenvalue weighted by Crippen LogP contribution is 2.49. The zero-order valence-corrected chi connectivity index (χ0v) is 19.3. The fraction of sp³-hybridized carbons (Fsp3) is 0.179. The van der Waals surface area contributed by atoms with Gasteiger partial charge in [0.2, 0.25) is 11.4 Å². The Bertz CT molecular complexity index is 1460. The van der Waals surface area contributed by atoms with Crippen LogP contribution >= 0.6 is 11.6 Å². The highest BCUT2D eigenvalue weighted by atomic mass is 35.5. The number of para-hydroxylation sites is 2. The van der Waals surface area contributed by atoms with Gasteiger partial charge in [-0.2, -0.15) is 0 Å². The zero-order valence-electron chi connectivity index (χ0n) is 18.5. The summed E-state index contributed by atoms with van der Waals surface area (Å²) >= 11 is 6.14. The summed E-state index contributed by atoms with van der Waals surface area (Å²) in [5.41, 5.74) is 3.51. The van der Waals surface area contributed by atoms with Crippen LogP contribution in [0.1, 0.15) is 39.5 Å². The van der Waals surface area contributed by atoms with Crippen LogP contribution in [0.2, 0.25) is 5.02 Å². The minimum Gasteiger partial charge on any atom is -0.496 e. The Kier molecular flexibility index (Phi) is 4.89. The number of hydrogen-bond donors (Lipinski definition) is 0. The molecular weight excluding hydrogens is 448 g/mol. The minimum atomic E-state index is -1.18. The van der Waals surface area contributed by atoms with E-state index in [1.54, 1.807) is 7.11 Å². The Morgan fingerprint density at radius 2 is 1.79 bits per heavy atom. The summed E-state index contributed by atoms with van der Waals surface area (Å²) in [7, 11) is 1.63. The molecule has 6 rings (SSSR count). The second-order valence-corrected chi connectivity index (χ2v) is 9.08. The van der Waals surface area contributed by atoms with E-state index in [1.165, 1.54) is 0 Å². The molecule has 168 valence electrons. The van der Waals surface area contributed by atoms with Crippen molar-refractivity contribution in [3.63, 3.8) is 0 Å². The standard InChI is InChI=1S/C28H21ClN2O3/c1-33-24-9-5-3-7-20(24)25-26(17-10-12-19(29)13-11-17)31-34-28(25)15-14-23-21(27(28)32)16-18-6-2-4-8-22(18)30-23/h2-13,16,25H,14-15H2,1H3/t25-,28-/m1/s1. The molecule has 6 heteroatoms. The SMILES string of the molecule is COc1ccccc1[C@@H]1C(c2ccc(Cl)cc2)=NO[C@]12CCc1nc3ccccc3cc1C2=O. The summed E-state index contributed by atoms with van der Waals surface area (Å²) in [6.07, 6.45) is 1.08. The molecule has 34 heavy (non-hydrogen) atoms. The molecule has 0 N–H and O–H groups in total. The van der Waals surface area contributed by atoms with Gasteiger partial charge >= 0.3 is 0 Å². The van der Waals surface area contributed by atoms with Crippen molar-refractivity contribution in [2.24, 2.45) is 5.16 Å². The van der Waals surface area contributed by atoms with Gasteiger partial charge in [-0.05, 0) is 36.8 Å². The van der Waals surface area contributed by atoms with Crippen LogP contribution in [-0.2, 0) is 11.3 Å². The van der Waals surface area contributed by atoms with Crippen LogP contribution in [0, 0.1) is 0 Å². The number of aryl methyl sites for hydroxylation is 1. The first kappa shape index (κ1) is 20.9. The molecule has 0 radical (unpaired) electrons. The van der Waals surface area contributed by atoms with Crippen LogP contribution < -0.4 is 4.74 Å². The third-order valence-electron chi connectivity index (χ3n) is 6.80. The molecule has 0 saturated carbocycles. The molecule has 4 aromatic rings. The summed E-state index contributed by atoms with van der Waals surface area (Å²) in [6, 6.07) is 25.0. The fourth-order valence-corrected chi connectivity index (χ4v) is 5.28. The highest BCUT2D eigenvalue weighted by Gasteiger charge is 2.58. The van der Waals surface area contributed by atoms with E-state index in [2.05, 4.69) is 5.16 Å². The maximum absolute atomic E-state index is 14.2. The van der Waals surface area contributed by atoms with Gasteiger partial charge in [-0.3, -0.25) is 9.78 Å². The Morgan fingerprint density at radius 1 is 1.03 bits per heavy atom. The summed E-state index contributed by atoms with van der Waals surface area (Å²) in [5.74, 6) is 0.141. The molecule has 1 spiro atoms. The molecule has 0 fully saturated rings. The number of carbonyl (C=O) groups is 1. The molecule has 0 amide bonds. The van der Waals surface area contributed by atoms with Crippen molar-refractivity contribution in [2.75, 3.05) is 7.11 Å².